The quantitative estimate of drug-likeness (QED) is 0.635. The van der Waals surface area contributed by atoms with Crippen molar-refractivity contribution in [2.24, 2.45) is 22.7 Å². The van der Waals surface area contributed by atoms with Gasteiger partial charge in [-0.15, -0.1) is 0 Å². The van der Waals surface area contributed by atoms with Crippen molar-refractivity contribution < 1.29 is 13.2 Å². The van der Waals surface area contributed by atoms with Crippen molar-refractivity contribution in [3.8, 4) is 0 Å². The van der Waals surface area contributed by atoms with E-state index in [0.29, 0.717) is 17.9 Å². The summed E-state index contributed by atoms with van der Waals surface area (Å²) in [6.45, 7) is 0.505. The van der Waals surface area contributed by atoms with Crippen LogP contribution in [0, 0.1) is 11.8 Å². The van der Waals surface area contributed by atoms with E-state index in [9.17, 15) is 13.2 Å². The summed E-state index contributed by atoms with van der Waals surface area (Å²) < 4.78 is 24.1. The lowest BCUT2D eigenvalue weighted by Gasteiger charge is -2.17. The molecule has 7 nitrogen and oxygen atoms in total. The standard InChI is InChI=1S/C13H20N4O3S/c14-8-9-3-1-6-12(9)13(18)16-10-4-2-5-11(7-10)17-21(15,19)20/h2,4-5,7,9,12,17H,1,3,6,8,14H2,(H,16,18)(H2,15,19,20). The third-order valence-corrected chi connectivity index (χ3v) is 4.21. The molecule has 0 spiro atoms. The molecule has 1 aromatic carbocycles. The number of hydrogen-bond acceptors (Lipinski definition) is 4. The van der Waals surface area contributed by atoms with Gasteiger partial charge in [-0.25, -0.2) is 5.14 Å². The molecule has 21 heavy (non-hydrogen) atoms. The van der Waals surface area contributed by atoms with Crippen molar-refractivity contribution in [2.75, 3.05) is 16.6 Å². The lowest BCUT2D eigenvalue weighted by atomic mass is 9.95. The molecule has 1 aliphatic carbocycles. The number of rotatable bonds is 5. The van der Waals surface area contributed by atoms with E-state index in [1.165, 1.54) is 6.07 Å². The molecular formula is C13H20N4O3S. The molecule has 2 atom stereocenters. The first-order chi connectivity index (χ1) is 9.89. The summed E-state index contributed by atoms with van der Waals surface area (Å²) in [5.74, 6) is 0.0660. The predicted octanol–water partition coefficient (Wildman–Crippen LogP) is 0.616. The van der Waals surface area contributed by atoms with Gasteiger partial charge in [0.1, 0.15) is 0 Å². The van der Waals surface area contributed by atoms with Gasteiger partial charge in [-0.05, 0) is 43.5 Å². The second-order valence-electron chi connectivity index (χ2n) is 5.25. The highest BCUT2D eigenvalue weighted by atomic mass is 32.2. The zero-order valence-electron chi connectivity index (χ0n) is 11.6. The number of nitrogens with one attached hydrogen (secondary N) is 2. The summed E-state index contributed by atoms with van der Waals surface area (Å²) in [5.41, 5.74) is 6.51. The van der Waals surface area contributed by atoms with Crippen LogP contribution in [0.2, 0.25) is 0 Å². The predicted molar refractivity (Wildman–Crippen MR) is 81.7 cm³/mol. The molecule has 6 N–H and O–H groups in total. The Morgan fingerprint density at radius 2 is 2.00 bits per heavy atom. The van der Waals surface area contributed by atoms with Gasteiger partial charge in [0.15, 0.2) is 0 Å². The van der Waals surface area contributed by atoms with Gasteiger partial charge in [-0.1, -0.05) is 12.5 Å². The van der Waals surface area contributed by atoms with Gasteiger partial charge in [-0.3, -0.25) is 9.52 Å². The molecule has 0 aromatic heterocycles. The molecule has 2 unspecified atom stereocenters. The van der Waals surface area contributed by atoms with Crippen molar-refractivity contribution >= 4 is 27.5 Å². The molecule has 1 amide bonds. The summed E-state index contributed by atoms with van der Waals surface area (Å²) in [4.78, 5) is 12.3. The SMILES string of the molecule is NCC1CCCC1C(=O)Nc1cccc(NS(N)(=O)=O)c1. The van der Waals surface area contributed by atoms with Crippen LogP contribution in [0.3, 0.4) is 0 Å². The van der Waals surface area contributed by atoms with Crippen LogP contribution >= 0.6 is 0 Å². The maximum Gasteiger partial charge on any atom is 0.296 e. The van der Waals surface area contributed by atoms with E-state index in [1.807, 2.05) is 0 Å². The fraction of sp³-hybridized carbons (Fsp3) is 0.462. The van der Waals surface area contributed by atoms with E-state index < -0.39 is 10.2 Å². The minimum absolute atomic E-state index is 0.0734. The van der Waals surface area contributed by atoms with Gasteiger partial charge in [0.2, 0.25) is 5.91 Å². The van der Waals surface area contributed by atoms with E-state index in [4.69, 9.17) is 10.9 Å². The Morgan fingerprint density at radius 3 is 2.67 bits per heavy atom. The number of hydrogen-bond donors (Lipinski definition) is 4. The van der Waals surface area contributed by atoms with E-state index >= 15 is 0 Å². The summed E-state index contributed by atoms with van der Waals surface area (Å²) in [7, 11) is -3.83. The number of anilines is 2. The molecule has 1 saturated carbocycles. The molecule has 0 saturated heterocycles. The van der Waals surface area contributed by atoms with E-state index in [2.05, 4.69) is 10.0 Å². The van der Waals surface area contributed by atoms with Crippen molar-refractivity contribution in [3.63, 3.8) is 0 Å². The van der Waals surface area contributed by atoms with Crippen LogP contribution < -0.4 is 20.9 Å². The highest BCUT2D eigenvalue weighted by Crippen LogP contribution is 2.32. The van der Waals surface area contributed by atoms with Crippen molar-refractivity contribution in [1.29, 1.82) is 0 Å². The Bertz CT molecular complexity index is 618. The summed E-state index contributed by atoms with van der Waals surface area (Å²) in [6.07, 6.45) is 2.82. The molecule has 0 aliphatic heterocycles. The number of nitrogens with two attached hydrogens (primary N) is 2. The van der Waals surface area contributed by atoms with Crippen molar-refractivity contribution in [1.82, 2.24) is 0 Å². The van der Waals surface area contributed by atoms with Crippen LogP contribution in [0.1, 0.15) is 19.3 Å². The zero-order valence-corrected chi connectivity index (χ0v) is 12.4. The fourth-order valence-electron chi connectivity index (χ4n) is 2.72. The highest BCUT2D eigenvalue weighted by molar-refractivity contribution is 7.90. The maximum atomic E-state index is 12.3. The summed E-state index contributed by atoms with van der Waals surface area (Å²) >= 11 is 0. The lowest BCUT2D eigenvalue weighted by molar-refractivity contribution is -0.120. The number of carbonyl (C=O) groups is 1. The Hall–Kier alpha value is -1.64. The smallest absolute Gasteiger partial charge is 0.296 e. The van der Waals surface area contributed by atoms with Crippen LogP contribution in [0.15, 0.2) is 24.3 Å². The lowest BCUT2D eigenvalue weighted by Crippen LogP contribution is -2.29. The van der Waals surface area contributed by atoms with E-state index in [0.717, 1.165) is 19.3 Å². The molecule has 1 fully saturated rings. The molecule has 0 heterocycles. The number of amides is 1. The third kappa shape index (κ3) is 4.42. The molecule has 0 bridgehead atoms. The Labute approximate surface area is 124 Å². The van der Waals surface area contributed by atoms with Gasteiger partial charge >= 0.3 is 0 Å². The first kappa shape index (κ1) is 15.7. The monoisotopic (exact) mass is 312 g/mol. The average Bonchev–Trinajstić information content (AvgIpc) is 2.85. The zero-order chi connectivity index (χ0) is 15.5. The minimum Gasteiger partial charge on any atom is -0.330 e. The van der Waals surface area contributed by atoms with Gasteiger partial charge in [0.05, 0.1) is 5.69 Å². The normalized spacial score (nSPS) is 22.0. The molecule has 116 valence electrons. The van der Waals surface area contributed by atoms with Crippen LogP contribution in [0.5, 0.6) is 0 Å². The van der Waals surface area contributed by atoms with Gasteiger partial charge in [0.25, 0.3) is 10.2 Å². The molecule has 0 radical (unpaired) electrons. The van der Waals surface area contributed by atoms with Gasteiger partial charge < -0.3 is 11.1 Å². The number of benzene rings is 1. The van der Waals surface area contributed by atoms with E-state index in [-0.39, 0.29) is 17.7 Å². The average molecular weight is 312 g/mol. The molecule has 2 rings (SSSR count). The number of carbonyl (C=O) groups excluding carboxylic acids is 1. The maximum absolute atomic E-state index is 12.3. The molecular weight excluding hydrogens is 292 g/mol. The molecule has 1 aromatic rings. The van der Waals surface area contributed by atoms with Crippen molar-refractivity contribution in [2.45, 2.75) is 19.3 Å². The van der Waals surface area contributed by atoms with Crippen molar-refractivity contribution in [3.05, 3.63) is 24.3 Å². The van der Waals surface area contributed by atoms with E-state index in [1.54, 1.807) is 18.2 Å². The Morgan fingerprint density at radius 1 is 1.29 bits per heavy atom. The minimum atomic E-state index is -3.83. The summed E-state index contributed by atoms with van der Waals surface area (Å²) in [6, 6.07) is 6.41. The summed E-state index contributed by atoms with van der Waals surface area (Å²) in [5, 5.41) is 7.72. The van der Waals surface area contributed by atoms with Gasteiger partial charge in [-0.2, -0.15) is 8.42 Å². The molecule has 8 heteroatoms. The third-order valence-electron chi connectivity index (χ3n) is 3.69. The van der Waals surface area contributed by atoms with Crippen LogP contribution in [-0.2, 0) is 15.0 Å². The largest absolute Gasteiger partial charge is 0.330 e. The second kappa shape index (κ2) is 6.42. The fourth-order valence-corrected chi connectivity index (χ4v) is 3.18. The highest BCUT2D eigenvalue weighted by Gasteiger charge is 2.31. The van der Waals surface area contributed by atoms with Crippen LogP contribution in [0.25, 0.3) is 0 Å². The van der Waals surface area contributed by atoms with Crippen LogP contribution in [-0.4, -0.2) is 20.9 Å². The van der Waals surface area contributed by atoms with Crippen LogP contribution in [0.4, 0.5) is 11.4 Å². The first-order valence-corrected chi connectivity index (χ1v) is 8.35. The topological polar surface area (TPSA) is 127 Å². The second-order valence-corrected chi connectivity index (χ2v) is 6.54. The molecule has 1 aliphatic rings. The van der Waals surface area contributed by atoms with Gasteiger partial charge in [0, 0.05) is 11.6 Å². The Balaban J connectivity index is 2.06. The first-order valence-electron chi connectivity index (χ1n) is 6.80. The Kier molecular flexibility index (Phi) is 4.81.